The minimum absolute atomic E-state index is 0.0758. The molecule has 0 saturated heterocycles. The Balaban J connectivity index is 1.87. The SMILES string of the molecule is C=C(NC)[C@](C)(CCC=O)n1c(=C)c2cccc(OC/C(=C/Nc3ccc(OC(F)(F)F)cc3)N=N)c2c1=C. The Morgan fingerprint density at radius 1 is 1.15 bits per heavy atom. The maximum absolute atomic E-state index is 12.3. The molecule has 0 aliphatic heterocycles. The molecule has 11 heteroatoms. The van der Waals surface area contributed by atoms with Crippen molar-refractivity contribution in [2.45, 2.75) is 31.7 Å². The van der Waals surface area contributed by atoms with Crippen molar-refractivity contribution >= 4 is 35.9 Å². The van der Waals surface area contributed by atoms with Gasteiger partial charge in [0, 0.05) is 52.5 Å². The molecule has 1 aromatic heterocycles. The average Bonchev–Trinajstić information content (AvgIpc) is 3.17. The van der Waals surface area contributed by atoms with Gasteiger partial charge in [-0.3, -0.25) is 0 Å². The maximum Gasteiger partial charge on any atom is 0.573 e. The molecule has 1 heterocycles. The van der Waals surface area contributed by atoms with Gasteiger partial charge in [0.05, 0.1) is 5.54 Å². The molecule has 0 aliphatic carbocycles. The van der Waals surface area contributed by atoms with E-state index in [1.54, 1.807) is 13.1 Å². The van der Waals surface area contributed by atoms with Crippen molar-refractivity contribution in [1.82, 2.24) is 9.88 Å². The van der Waals surface area contributed by atoms with E-state index in [0.717, 1.165) is 17.1 Å². The number of benzene rings is 2. The lowest BCUT2D eigenvalue weighted by atomic mass is 9.92. The number of halogens is 3. The molecule has 0 radical (unpaired) electrons. The van der Waals surface area contributed by atoms with Crippen LogP contribution in [0.2, 0.25) is 0 Å². The number of nitrogens with zero attached hydrogens (tertiary/aromatic N) is 2. The molecule has 2 aromatic carbocycles. The van der Waals surface area contributed by atoms with Gasteiger partial charge in [-0.2, -0.15) is 5.11 Å². The molecule has 0 spiro atoms. The fraction of sp³-hybridized carbons (Fsp3) is 0.250. The van der Waals surface area contributed by atoms with Crippen molar-refractivity contribution in [2.24, 2.45) is 5.11 Å². The van der Waals surface area contributed by atoms with Gasteiger partial charge in [0.2, 0.25) is 0 Å². The van der Waals surface area contributed by atoms with E-state index in [1.165, 1.54) is 30.5 Å². The fourth-order valence-corrected chi connectivity index (χ4v) is 4.36. The lowest BCUT2D eigenvalue weighted by Crippen LogP contribution is -2.47. The summed E-state index contributed by atoms with van der Waals surface area (Å²) in [5.41, 5.74) is 8.20. The highest BCUT2D eigenvalue weighted by Crippen LogP contribution is 2.29. The van der Waals surface area contributed by atoms with E-state index in [4.69, 9.17) is 10.3 Å². The second kappa shape index (κ2) is 11.9. The Morgan fingerprint density at radius 2 is 1.85 bits per heavy atom. The van der Waals surface area contributed by atoms with Gasteiger partial charge >= 0.3 is 6.36 Å². The number of likely N-dealkylation sites (N-methyl/N-ethyl adjacent to an activating group) is 1. The van der Waals surface area contributed by atoms with Crippen LogP contribution in [-0.4, -0.2) is 30.9 Å². The molecule has 3 N–H and O–H groups in total. The summed E-state index contributed by atoms with van der Waals surface area (Å²) in [6.45, 7) is 14.6. The molecule has 39 heavy (non-hydrogen) atoms. The van der Waals surface area contributed by atoms with Gasteiger partial charge in [-0.15, -0.1) is 13.2 Å². The summed E-state index contributed by atoms with van der Waals surface area (Å²) in [4.78, 5) is 11.2. The Kier molecular flexibility index (Phi) is 8.85. The third kappa shape index (κ3) is 6.49. The fourth-order valence-electron chi connectivity index (χ4n) is 4.36. The number of aldehydes is 1. The molecule has 0 fully saturated rings. The normalized spacial score (nSPS) is 13.4. The highest BCUT2D eigenvalue weighted by atomic mass is 19.4. The number of rotatable bonds is 13. The summed E-state index contributed by atoms with van der Waals surface area (Å²) in [6, 6.07) is 10.6. The van der Waals surface area contributed by atoms with E-state index in [1.807, 2.05) is 23.6 Å². The zero-order valence-corrected chi connectivity index (χ0v) is 21.7. The first kappa shape index (κ1) is 29.0. The number of alkyl halides is 3. The molecule has 0 saturated carbocycles. The van der Waals surface area contributed by atoms with Crippen LogP contribution in [0, 0.1) is 5.53 Å². The van der Waals surface area contributed by atoms with Crippen molar-refractivity contribution in [3.05, 3.63) is 77.3 Å². The molecule has 1 atom stereocenters. The molecular formula is C28H30F3N5O3. The van der Waals surface area contributed by atoms with E-state index < -0.39 is 11.9 Å². The summed E-state index contributed by atoms with van der Waals surface area (Å²) >= 11 is 0. The van der Waals surface area contributed by atoms with Gasteiger partial charge in [0.1, 0.15) is 30.1 Å². The van der Waals surface area contributed by atoms with E-state index in [-0.39, 0.29) is 18.1 Å². The standard InChI is InChI=1S/C28H30F3N5O3/c1-18-24-8-6-9-25(26(24)19(2)36(18)27(4,14-7-15-37)20(3)33-5)38-17-22(35-32)16-34-21-10-12-23(13-11-21)39-28(29,30)31/h6,8-13,15-16,32-34H,1-3,7,14,17H2,4-5H3/b22-16-,35-32?/t27-/m0/s1. The number of fused-ring (bicyclic) bond motifs is 1. The summed E-state index contributed by atoms with van der Waals surface area (Å²) in [5.74, 6) is 0.150. The minimum Gasteiger partial charge on any atom is -0.486 e. The van der Waals surface area contributed by atoms with Gasteiger partial charge in [-0.1, -0.05) is 31.9 Å². The summed E-state index contributed by atoms with van der Waals surface area (Å²) in [5, 5.41) is 12.3. The van der Waals surface area contributed by atoms with Crippen LogP contribution in [0.5, 0.6) is 11.5 Å². The molecule has 0 bridgehead atoms. The first-order valence-corrected chi connectivity index (χ1v) is 11.9. The van der Waals surface area contributed by atoms with E-state index >= 15 is 0 Å². The molecule has 8 nitrogen and oxygen atoms in total. The van der Waals surface area contributed by atoms with Crippen LogP contribution in [-0.2, 0) is 10.3 Å². The Labute approximate surface area is 223 Å². The zero-order chi connectivity index (χ0) is 28.8. The van der Waals surface area contributed by atoms with Crippen LogP contribution >= 0.6 is 0 Å². The van der Waals surface area contributed by atoms with Crippen LogP contribution < -0.4 is 30.8 Å². The number of anilines is 1. The monoisotopic (exact) mass is 541 g/mol. The first-order chi connectivity index (χ1) is 18.4. The van der Waals surface area contributed by atoms with E-state index in [9.17, 15) is 18.0 Å². The van der Waals surface area contributed by atoms with Crippen molar-refractivity contribution in [2.75, 3.05) is 19.0 Å². The van der Waals surface area contributed by atoms with Gasteiger partial charge in [0.15, 0.2) is 0 Å². The number of allylic oxidation sites excluding steroid dienone is 1. The first-order valence-electron chi connectivity index (χ1n) is 11.9. The van der Waals surface area contributed by atoms with Crippen LogP contribution in [0.15, 0.2) is 71.8 Å². The number of ether oxygens (including phenoxy) is 2. The quantitative estimate of drug-likeness (QED) is 0.205. The number of nitrogens with one attached hydrogen (secondary N) is 3. The average molecular weight is 542 g/mol. The summed E-state index contributed by atoms with van der Waals surface area (Å²) in [6.07, 6.45) is -1.69. The van der Waals surface area contributed by atoms with Gasteiger partial charge in [-0.25, -0.2) is 5.53 Å². The highest BCUT2D eigenvalue weighted by molar-refractivity contribution is 5.89. The lowest BCUT2D eigenvalue weighted by molar-refractivity contribution is -0.274. The van der Waals surface area contributed by atoms with Crippen molar-refractivity contribution in [3.63, 3.8) is 0 Å². The number of hydrogen-bond donors (Lipinski definition) is 3. The molecule has 0 amide bonds. The molecule has 3 rings (SSSR count). The van der Waals surface area contributed by atoms with Crippen LogP contribution in [0.3, 0.4) is 0 Å². The highest BCUT2D eigenvalue weighted by Gasteiger charge is 2.32. The third-order valence-electron chi connectivity index (χ3n) is 6.37. The Bertz CT molecular complexity index is 1500. The second-order valence-electron chi connectivity index (χ2n) is 8.87. The predicted octanol–water partition coefficient (Wildman–Crippen LogP) is 5.15. The Hall–Kier alpha value is -4.54. The Morgan fingerprint density at radius 3 is 2.44 bits per heavy atom. The van der Waals surface area contributed by atoms with Gasteiger partial charge < -0.3 is 29.5 Å². The van der Waals surface area contributed by atoms with Crippen LogP contribution in [0.4, 0.5) is 18.9 Å². The summed E-state index contributed by atoms with van der Waals surface area (Å²) < 4.78 is 48.9. The summed E-state index contributed by atoms with van der Waals surface area (Å²) in [7, 11) is 1.77. The maximum atomic E-state index is 12.3. The molecule has 206 valence electrons. The number of carbonyl (C=O) groups excluding carboxylic acids is 1. The van der Waals surface area contributed by atoms with Crippen LogP contribution in [0.1, 0.15) is 19.8 Å². The topological polar surface area (TPSA) is 101 Å². The van der Waals surface area contributed by atoms with Crippen LogP contribution in [0.25, 0.3) is 23.9 Å². The number of aromatic nitrogens is 1. The largest absolute Gasteiger partial charge is 0.573 e. The second-order valence-corrected chi connectivity index (χ2v) is 8.87. The lowest BCUT2D eigenvalue weighted by Gasteiger charge is -2.34. The minimum atomic E-state index is -4.77. The van der Waals surface area contributed by atoms with Gasteiger partial charge in [0.25, 0.3) is 0 Å². The molecule has 3 aromatic rings. The predicted molar refractivity (Wildman–Crippen MR) is 145 cm³/mol. The van der Waals surface area contributed by atoms with E-state index in [2.05, 4.69) is 40.2 Å². The van der Waals surface area contributed by atoms with Crippen molar-refractivity contribution in [3.8, 4) is 11.5 Å². The number of carbonyl (C=O) groups is 1. The van der Waals surface area contributed by atoms with Crippen molar-refractivity contribution in [1.29, 1.82) is 5.53 Å². The van der Waals surface area contributed by atoms with E-state index in [0.29, 0.717) is 40.7 Å². The molecule has 0 aliphatic rings. The zero-order valence-electron chi connectivity index (χ0n) is 21.7. The van der Waals surface area contributed by atoms with Crippen molar-refractivity contribution < 1.29 is 27.4 Å². The smallest absolute Gasteiger partial charge is 0.486 e. The third-order valence-corrected chi connectivity index (χ3v) is 6.37. The molecular weight excluding hydrogens is 511 g/mol. The van der Waals surface area contributed by atoms with Gasteiger partial charge in [-0.05, 0) is 43.7 Å². The molecule has 0 unspecified atom stereocenters. The number of hydrogen-bond acceptors (Lipinski definition) is 7.